The molecule has 0 spiro atoms. The lowest BCUT2D eigenvalue weighted by Crippen LogP contribution is -2.44. The molecule has 1 atom stereocenters. The van der Waals surface area contributed by atoms with Crippen molar-refractivity contribution in [1.29, 1.82) is 0 Å². The van der Waals surface area contributed by atoms with Gasteiger partial charge in [-0.15, -0.1) is 0 Å². The van der Waals surface area contributed by atoms with Crippen LogP contribution in [0.15, 0.2) is 36.4 Å². The van der Waals surface area contributed by atoms with E-state index in [2.05, 4.69) is 0 Å². The number of Topliss-reactive ketones (excluding diaryl/α,β-unsaturated/α-hetero) is 2. The second-order valence-corrected chi connectivity index (χ2v) is 9.37. The van der Waals surface area contributed by atoms with Crippen LogP contribution < -0.4 is 5.73 Å². The molecule has 2 aromatic rings. The first-order valence-electron chi connectivity index (χ1n) is 11.0. The average Bonchev–Trinajstić information content (AvgIpc) is 3.08. The highest BCUT2D eigenvalue weighted by Gasteiger charge is 2.39. The molecule has 178 valence electrons. The highest BCUT2D eigenvalue weighted by atomic mass is 32.1. The molecule has 2 aromatic carbocycles. The highest BCUT2D eigenvalue weighted by molar-refractivity contribution is 7.80. The van der Waals surface area contributed by atoms with E-state index < -0.39 is 17.8 Å². The van der Waals surface area contributed by atoms with Gasteiger partial charge in [0.1, 0.15) is 5.78 Å². The second kappa shape index (κ2) is 9.29. The van der Waals surface area contributed by atoms with Gasteiger partial charge in [0.15, 0.2) is 5.78 Å². The van der Waals surface area contributed by atoms with Crippen molar-refractivity contribution in [1.82, 2.24) is 4.90 Å². The monoisotopic (exact) mass is 488 g/mol. The molecule has 1 aliphatic carbocycles. The summed E-state index contributed by atoms with van der Waals surface area (Å²) in [4.78, 5) is 38.8. The summed E-state index contributed by atoms with van der Waals surface area (Å²) in [5.41, 5.74) is 7.07. The number of thiocarbonyl (C=S) groups is 1. The zero-order valence-corrected chi connectivity index (χ0v) is 19.1. The number of nitrogens with two attached hydrogens (primary N) is 1. The SMILES string of the molecule is Nc1ccc(CC(=S)CCc2ccc3c(c2)CN(C2CCC(=O)CC2=O)C3=O)cc1C(F)(F)F. The van der Waals surface area contributed by atoms with Crippen molar-refractivity contribution >= 4 is 40.2 Å². The van der Waals surface area contributed by atoms with Gasteiger partial charge in [-0.2, -0.15) is 13.2 Å². The summed E-state index contributed by atoms with van der Waals surface area (Å²) >= 11 is 5.41. The molecule has 34 heavy (non-hydrogen) atoms. The number of amides is 1. The van der Waals surface area contributed by atoms with Crippen LogP contribution in [0.2, 0.25) is 0 Å². The quantitative estimate of drug-likeness (QED) is 0.369. The van der Waals surface area contributed by atoms with Gasteiger partial charge < -0.3 is 10.6 Å². The molecular weight excluding hydrogens is 465 g/mol. The average molecular weight is 489 g/mol. The van der Waals surface area contributed by atoms with E-state index in [4.69, 9.17) is 18.0 Å². The summed E-state index contributed by atoms with van der Waals surface area (Å²) in [6.45, 7) is 0.322. The van der Waals surface area contributed by atoms with Crippen molar-refractivity contribution in [3.63, 3.8) is 0 Å². The molecule has 0 aromatic heterocycles. The minimum atomic E-state index is -4.52. The van der Waals surface area contributed by atoms with E-state index in [9.17, 15) is 27.6 Å². The van der Waals surface area contributed by atoms with Crippen molar-refractivity contribution in [3.05, 3.63) is 64.2 Å². The van der Waals surface area contributed by atoms with Crippen LogP contribution in [-0.4, -0.2) is 33.3 Å². The van der Waals surface area contributed by atoms with Gasteiger partial charge in [0.2, 0.25) is 0 Å². The molecule has 9 heteroatoms. The number of alkyl halides is 3. The Balaban J connectivity index is 1.38. The van der Waals surface area contributed by atoms with E-state index in [0.717, 1.165) is 17.2 Å². The number of nitrogens with zero attached hydrogens (tertiary/aromatic N) is 1. The molecule has 2 aliphatic rings. The van der Waals surface area contributed by atoms with E-state index >= 15 is 0 Å². The summed E-state index contributed by atoms with van der Waals surface area (Å²) in [7, 11) is 0. The summed E-state index contributed by atoms with van der Waals surface area (Å²) in [6.07, 6.45) is -2.66. The smallest absolute Gasteiger partial charge is 0.398 e. The van der Waals surface area contributed by atoms with Gasteiger partial charge in [-0.3, -0.25) is 14.4 Å². The van der Waals surface area contributed by atoms with E-state index in [-0.39, 0.29) is 36.0 Å². The highest BCUT2D eigenvalue weighted by Crippen LogP contribution is 2.34. The number of nitrogen functional groups attached to an aromatic ring is 1. The standard InChI is InChI=1S/C25H23F3N2O3S/c26-25(27,28)20-11-15(3-7-21(20)29)10-18(34)5-1-14-2-6-19-16(9-14)13-30(24(19)33)22-8-4-17(31)12-23(22)32/h2-3,6-7,9,11,22H,1,4-5,8,10,12-13,29H2. The summed E-state index contributed by atoms with van der Waals surface area (Å²) in [5, 5.41) is 0. The number of aryl methyl sites for hydroxylation is 1. The Morgan fingerprint density at radius 2 is 1.82 bits per heavy atom. The maximum absolute atomic E-state index is 13.1. The first-order chi connectivity index (χ1) is 16.0. The van der Waals surface area contributed by atoms with Crippen LogP contribution >= 0.6 is 12.2 Å². The third kappa shape index (κ3) is 5.04. The lowest BCUT2D eigenvalue weighted by molar-refractivity contribution is -0.137. The third-order valence-electron chi connectivity index (χ3n) is 6.33. The zero-order chi connectivity index (χ0) is 24.6. The van der Waals surface area contributed by atoms with Crippen LogP contribution in [0.25, 0.3) is 0 Å². The van der Waals surface area contributed by atoms with Crippen molar-refractivity contribution < 1.29 is 27.6 Å². The number of fused-ring (bicyclic) bond motifs is 1. The normalized spacial score (nSPS) is 18.4. The minimum absolute atomic E-state index is 0.0859. The summed E-state index contributed by atoms with van der Waals surface area (Å²) < 4.78 is 39.3. The molecule has 4 rings (SSSR count). The van der Waals surface area contributed by atoms with Crippen LogP contribution in [0.3, 0.4) is 0 Å². The van der Waals surface area contributed by atoms with Gasteiger partial charge >= 0.3 is 6.18 Å². The van der Waals surface area contributed by atoms with Gasteiger partial charge in [0.05, 0.1) is 18.0 Å². The number of benzene rings is 2. The van der Waals surface area contributed by atoms with Gasteiger partial charge in [-0.05, 0) is 59.0 Å². The van der Waals surface area contributed by atoms with Gasteiger partial charge in [-0.1, -0.05) is 30.4 Å². The van der Waals surface area contributed by atoms with E-state index in [0.29, 0.717) is 48.2 Å². The number of hydrogen-bond acceptors (Lipinski definition) is 5. The maximum atomic E-state index is 13.1. The lowest BCUT2D eigenvalue weighted by Gasteiger charge is -2.29. The minimum Gasteiger partial charge on any atom is -0.398 e. The summed E-state index contributed by atoms with van der Waals surface area (Å²) in [6, 6.07) is 8.76. The van der Waals surface area contributed by atoms with Crippen LogP contribution in [0.5, 0.6) is 0 Å². The molecule has 5 nitrogen and oxygen atoms in total. The lowest BCUT2D eigenvalue weighted by atomic mass is 9.92. The molecule has 1 unspecified atom stereocenters. The molecule has 1 heterocycles. The molecule has 0 saturated heterocycles. The summed E-state index contributed by atoms with van der Waals surface area (Å²) in [5.74, 6) is -0.495. The fourth-order valence-corrected chi connectivity index (χ4v) is 4.82. The molecule has 0 bridgehead atoms. The molecule has 2 N–H and O–H groups in total. The fourth-order valence-electron chi connectivity index (χ4n) is 4.55. The second-order valence-electron chi connectivity index (χ2n) is 8.80. The molecule has 1 fully saturated rings. The van der Waals surface area contributed by atoms with Crippen LogP contribution in [-0.2, 0) is 35.2 Å². The Morgan fingerprint density at radius 1 is 1.09 bits per heavy atom. The van der Waals surface area contributed by atoms with E-state index in [1.54, 1.807) is 17.0 Å². The predicted molar refractivity (Wildman–Crippen MR) is 124 cm³/mol. The Morgan fingerprint density at radius 3 is 2.53 bits per heavy atom. The molecule has 1 saturated carbocycles. The number of rotatable bonds is 6. The number of carbonyl (C=O) groups excluding carboxylic acids is 3. The third-order valence-corrected chi connectivity index (χ3v) is 6.68. The maximum Gasteiger partial charge on any atom is 0.418 e. The topological polar surface area (TPSA) is 80.5 Å². The molecular formula is C25H23F3N2O3S. The molecule has 0 radical (unpaired) electrons. The number of halogens is 3. The van der Waals surface area contributed by atoms with Crippen LogP contribution in [0, 0.1) is 0 Å². The number of hydrogen-bond donors (Lipinski definition) is 1. The van der Waals surface area contributed by atoms with Crippen LogP contribution in [0.4, 0.5) is 18.9 Å². The van der Waals surface area contributed by atoms with E-state index in [1.165, 1.54) is 6.07 Å². The van der Waals surface area contributed by atoms with Gasteiger partial charge in [-0.25, -0.2) is 0 Å². The molecule has 1 amide bonds. The van der Waals surface area contributed by atoms with Gasteiger partial charge in [0.25, 0.3) is 5.91 Å². The number of carbonyl (C=O) groups is 3. The Hall–Kier alpha value is -3.07. The van der Waals surface area contributed by atoms with Crippen molar-refractivity contribution in [2.24, 2.45) is 0 Å². The first-order valence-corrected chi connectivity index (χ1v) is 11.4. The van der Waals surface area contributed by atoms with Crippen molar-refractivity contribution in [2.45, 2.75) is 57.3 Å². The largest absolute Gasteiger partial charge is 0.418 e. The Labute approximate surface area is 200 Å². The Kier molecular flexibility index (Phi) is 6.58. The fraction of sp³-hybridized carbons (Fsp3) is 0.360. The predicted octanol–water partition coefficient (Wildman–Crippen LogP) is 4.48. The Bertz CT molecular complexity index is 1190. The van der Waals surface area contributed by atoms with Gasteiger partial charge in [0, 0.05) is 30.6 Å². The zero-order valence-electron chi connectivity index (χ0n) is 18.3. The molecule has 1 aliphatic heterocycles. The van der Waals surface area contributed by atoms with E-state index in [1.807, 2.05) is 12.1 Å². The van der Waals surface area contributed by atoms with Crippen LogP contribution in [0.1, 0.15) is 58.3 Å². The van der Waals surface area contributed by atoms with Crippen molar-refractivity contribution in [2.75, 3.05) is 5.73 Å². The number of anilines is 1. The van der Waals surface area contributed by atoms with Crippen molar-refractivity contribution in [3.8, 4) is 0 Å². The first kappa shape index (κ1) is 24.1. The number of ketones is 2.